The van der Waals surface area contributed by atoms with Crippen molar-refractivity contribution in [1.82, 2.24) is 15.8 Å². The molecule has 0 saturated carbocycles. The highest BCUT2D eigenvalue weighted by Crippen LogP contribution is 2.00. The molecule has 13 heavy (non-hydrogen) atoms. The number of carbonyl (C=O) groups excluding carboxylic acids is 1. The summed E-state index contributed by atoms with van der Waals surface area (Å²) in [6.07, 6.45) is 1.47. The lowest BCUT2D eigenvalue weighted by Crippen LogP contribution is -2.35. The van der Waals surface area contributed by atoms with Gasteiger partial charge in [0.25, 0.3) is 0 Å². The highest BCUT2D eigenvalue weighted by molar-refractivity contribution is 5.77. The third kappa shape index (κ3) is 3.16. The number of nitrogens with one attached hydrogen (secondary N) is 2. The fraction of sp³-hybridized carbons (Fsp3) is 0.250. The Morgan fingerprint density at radius 1 is 1.69 bits per heavy atom. The SMILES string of the molecule is CNNC(=O)Cc1ccnc([18F])c1. The maximum atomic E-state index is 12.5. The number of rotatable bonds is 3. The smallest absolute Gasteiger partial charge is 0.238 e. The standard InChI is InChI=1S/C8H10FN3O/c1-10-12-8(13)5-6-2-3-11-7(9)4-6/h2-4,10H,5H2,1H3,(H,12,13)/i9-1. The van der Waals surface area contributed by atoms with Gasteiger partial charge in [-0.25, -0.2) is 10.4 Å². The zero-order valence-corrected chi connectivity index (χ0v) is 7.17. The summed E-state index contributed by atoms with van der Waals surface area (Å²) in [7, 11) is 1.59. The van der Waals surface area contributed by atoms with E-state index < -0.39 is 5.95 Å². The third-order valence-corrected chi connectivity index (χ3v) is 1.42. The highest BCUT2D eigenvalue weighted by Gasteiger charge is 2.02. The van der Waals surface area contributed by atoms with Crippen LogP contribution in [0.2, 0.25) is 0 Å². The zero-order valence-electron chi connectivity index (χ0n) is 7.17. The van der Waals surface area contributed by atoms with Crippen molar-refractivity contribution in [3.8, 4) is 0 Å². The molecule has 2 N–H and O–H groups in total. The molecule has 1 aromatic heterocycles. The second-order valence-electron chi connectivity index (χ2n) is 2.46. The molecule has 0 spiro atoms. The molecule has 0 unspecified atom stereocenters. The van der Waals surface area contributed by atoms with Crippen LogP contribution in [-0.4, -0.2) is 17.9 Å². The van der Waals surface area contributed by atoms with Crippen molar-refractivity contribution >= 4 is 5.91 Å². The molecule has 0 aromatic carbocycles. The topological polar surface area (TPSA) is 54.0 Å². The van der Waals surface area contributed by atoms with Crippen molar-refractivity contribution in [3.63, 3.8) is 0 Å². The molecule has 0 bridgehead atoms. The lowest BCUT2D eigenvalue weighted by atomic mass is 10.2. The Labute approximate surface area is 75.1 Å². The van der Waals surface area contributed by atoms with Crippen LogP contribution in [0.3, 0.4) is 0 Å². The van der Waals surface area contributed by atoms with Gasteiger partial charge in [0.15, 0.2) is 0 Å². The van der Waals surface area contributed by atoms with Crippen LogP contribution in [0.4, 0.5) is 4.39 Å². The molecule has 0 aliphatic heterocycles. The lowest BCUT2D eigenvalue weighted by Gasteiger charge is -2.02. The van der Waals surface area contributed by atoms with Crippen molar-refractivity contribution < 1.29 is 9.18 Å². The van der Waals surface area contributed by atoms with Gasteiger partial charge >= 0.3 is 0 Å². The first-order valence-corrected chi connectivity index (χ1v) is 3.78. The maximum Gasteiger partial charge on any atom is 0.238 e. The van der Waals surface area contributed by atoms with Crippen molar-refractivity contribution in [2.24, 2.45) is 0 Å². The predicted molar refractivity (Wildman–Crippen MR) is 45.1 cm³/mol. The average molecular weight is 182 g/mol. The summed E-state index contributed by atoms with van der Waals surface area (Å²) in [5.41, 5.74) is 5.47. The number of pyridine rings is 1. The average Bonchev–Trinajstić information content (AvgIpc) is 2.04. The number of nitrogens with zero attached hydrogens (tertiary/aromatic N) is 1. The van der Waals surface area contributed by atoms with Crippen molar-refractivity contribution in [2.75, 3.05) is 7.05 Å². The van der Waals surface area contributed by atoms with Crippen LogP contribution < -0.4 is 10.9 Å². The molecule has 5 heteroatoms. The Balaban J connectivity index is 2.58. The van der Waals surface area contributed by atoms with Crippen LogP contribution in [0, 0.1) is 5.95 Å². The Hall–Kier alpha value is -1.49. The van der Waals surface area contributed by atoms with Gasteiger partial charge in [-0.3, -0.25) is 10.2 Å². The van der Waals surface area contributed by atoms with Gasteiger partial charge in [-0.1, -0.05) is 0 Å². The van der Waals surface area contributed by atoms with Crippen molar-refractivity contribution in [1.29, 1.82) is 0 Å². The number of hydrogen-bond acceptors (Lipinski definition) is 3. The molecule has 1 aromatic rings. The number of hydrogen-bond donors (Lipinski definition) is 2. The third-order valence-electron chi connectivity index (χ3n) is 1.42. The summed E-state index contributed by atoms with van der Waals surface area (Å²) in [5.74, 6) is -0.789. The van der Waals surface area contributed by atoms with Crippen LogP contribution in [0.25, 0.3) is 0 Å². The molecule has 0 aliphatic rings. The Bertz CT molecular complexity index is 303. The van der Waals surface area contributed by atoms with Gasteiger partial charge < -0.3 is 0 Å². The van der Waals surface area contributed by atoms with Gasteiger partial charge in [0, 0.05) is 13.2 Å². The minimum absolute atomic E-state index is 0.139. The molecule has 0 atom stereocenters. The lowest BCUT2D eigenvalue weighted by molar-refractivity contribution is -0.121. The van der Waals surface area contributed by atoms with E-state index in [1.165, 1.54) is 12.3 Å². The van der Waals surface area contributed by atoms with Crippen molar-refractivity contribution in [3.05, 3.63) is 29.8 Å². The first-order chi connectivity index (χ1) is 6.22. The molecule has 0 radical (unpaired) electrons. The number of amides is 1. The highest BCUT2D eigenvalue weighted by atomic mass is 18.2. The van der Waals surface area contributed by atoms with Crippen LogP contribution in [0.15, 0.2) is 18.3 Å². The first-order valence-electron chi connectivity index (χ1n) is 3.78. The van der Waals surface area contributed by atoms with Crippen LogP contribution >= 0.6 is 0 Å². The number of halogens is 1. The van der Waals surface area contributed by atoms with E-state index in [4.69, 9.17) is 0 Å². The molecule has 70 valence electrons. The van der Waals surface area contributed by atoms with Gasteiger partial charge in [-0.05, 0) is 17.7 Å². The van der Waals surface area contributed by atoms with E-state index in [1.807, 2.05) is 0 Å². The molecule has 0 fully saturated rings. The van der Waals surface area contributed by atoms with E-state index >= 15 is 0 Å². The number of hydrazine groups is 1. The second kappa shape index (κ2) is 4.51. The second-order valence-corrected chi connectivity index (χ2v) is 2.46. The van der Waals surface area contributed by atoms with Gasteiger partial charge in [-0.2, -0.15) is 4.39 Å². The minimum atomic E-state index is -0.574. The molecular weight excluding hydrogens is 172 g/mol. The van der Waals surface area contributed by atoms with Gasteiger partial charge in [0.2, 0.25) is 11.9 Å². The molecule has 1 amide bonds. The fourth-order valence-corrected chi connectivity index (χ4v) is 0.922. The maximum absolute atomic E-state index is 12.5. The Morgan fingerprint density at radius 2 is 2.46 bits per heavy atom. The molecule has 4 nitrogen and oxygen atoms in total. The quantitative estimate of drug-likeness (QED) is 0.511. The molecular formula is C8H10FN3O. The number of aromatic nitrogens is 1. The van der Waals surface area contributed by atoms with Crippen LogP contribution in [0.1, 0.15) is 5.56 Å². The van der Waals surface area contributed by atoms with Crippen LogP contribution in [0.5, 0.6) is 0 Å². The van der Waals surface area contributed by atoms with Crippen molar-refractivity contribution in [2.45, 2.75) is 6.42 Å². The first kappa shape index (κ1) is 9.60. The normalized spacial score (nSPS) is 9.69. The van der Waals surface area contributed by atoms with Gasteiger partial charge in [-0.15, -0.1) is 0 Å². The predicted octanol–water partition coefficient (Wildman–Crippen LogP) is 0.0138. The Morgan fingerprint density at radius 3 is 3.08 bits per heavy atom. The summed E-state index contributed by atoms with van der Waals surface area (Å²) in [6, 6.07) is 2.83. The molecule has 1 heterocycles. The molecule has 0 aliphatic carbocycles. The fourth-order valence-electron chi connectivity index (χ4n) is 0.922. The van der Waals surface area contributed by atoms with E-state index in [1.54, 1.807) is 13.1 Å². The summed E-state index contributed by atoms with van der Waals surface area (Å²) in [4.78, 5) is 14.4. The summed E-state index contributed by atoms with van der Waals surface area (Å²) < 4.78 is 12.5. The van der Waals surface area contributed by atoms with E-state index in [9.17, 15) is 9.18 Å². The zero-order chi connectivity index (χ0) is 9.68. The van der Waals surface area contributed by atoms with Crippen LogP contribution in [-0.2, 0) is 11.2 Å². The Kier molecular flexibility index (Phi) is 3.33. The monoisotopic (exact) mass is 182 g/mol. The van der Waals surface area contributed by atoms with Gasteiger partial charge in [0.05, 0.1) is 6.42 Å². The largest absolute Gasteiger partial charge is 0.292 e. The van der Waals surface area contributed by atoms with Gasteiger partial charge in [0.1, 0.15) is 0 Å². The summed E-state index contributed by atoms with van der Waals surface area (Å²) in [5, 5.41) is 0. The number of carbonyl (C=O) groups is 1. The molecule has 0 saturated heterocycles. The van der Waals surface area contributed by atoms with E-state index in [-0.39, 0.29) is 12.3 Å². The van der Waals surface area contributed by atoms with E-state index in [0.29, 0.717) is 5.56 Å². The molecule has 1 rings (SSSR count). The summed E-state index contributed by atoms with van der Waals surface area (Å²) >= 11 is 0. The summed E-state index contributed by atoms with van der Waals surface area (Å²) in [6.45, 7) is 0. The minimum Gasteiger partial charge on any atom is -0.292 e. The van der Waals surface area contributed by atoms with E-state index in [0.717, 1.165) is 0 Å². The van der Waals surface area contributed by atoms with E-state index in [2.05, 4.69) is 15.8 Å².